The lowest BCUT2D eigenvalue weighted by atomic mass is 9.80. The van der Waals surface area contributed by atoms with Crippen LogP contribution in [0, 0.1) is 35.0 Å². The van der Waals surface area contributed by atoms with Gasteiger partial charge in [-0.05, 0) is 78.9 Å². The van der Waals surface area contributed by atoms with E-state index in [0.29, 0.717) is 17.4 Å². The van der Waals surface area contributed by atoms with E-state index in [1.54, 1.807) is 0 Å². The number of fused-ring (bicyclic) bond motifs is 5. The standard InChI is InChI=1S/C25H38O2/c1-16(2)24(26-19-11-9-17(10-12-19)15-25(3,4)5)27-23-14-18-13-22(23)21-8-6-7-20(18)21/h9-12,16,18,20-24H,6-8,13-15H2,1-5H3. The van der Waals surface area contributed by atoms with E-state index in [2.05, 4.69) is 58.9 Å². The minimum Gasteiger partial charge on any atom is -0.465 e. The van der Waals surface area contributed by atoms with Gasteiger partial charge in [0.25, 0.3) is 0 Å². The van der Waals surface area contributed by atoms with E-state index in [-0.39, 0.29) is 6.29 Å². The van der Waals surface area contributed by atoms with Gasteiger partial charge in [0.05, 0.1) is 6.10 Å². The highest BCUT2D eigenvalue weighted by Gasteiger charge is 2.54. The summed E-state index contributed by atoms with van der Waals surface area (Å²) in [7, 11) is 0. The molecule has 2 bridgehead atoms. The first-order chi connectivity index (χ1) is 12.8. The maximum atomic E-state index is 6.61. The van der Waals surface area contributed by atoms with Gasteiger partial charge in [-0.3, -0.25) is 0 Å². The predicted octanol–water partition coefficient (Wildman–Crippen LogP) is 6.48. The van der Waals surface area contributed by atoms with Gasteiger partial charge in [0, 0.05) is 5.92 Å². The zero-order chi connectivity index (χ0) is 19.2. The van der Waals surface area contributed by atoms with Crippen molar-refractivity contribution in [2.75, 3.05) is 0 Å². The van der Waals surface area contributed by atoms with Crippen molar-refractivity contribution in [2.45, 2.75) is 85.5 Å². The summed E-state index contributed by atoms with van der Waals surface area (Å²) in [5, 5.41) is 0. The van der Waals surface area contributed by atoms with Crippen molar-refractivity contribution < 1.29 is 9.47 Å². The second kappa shape index (κ2) is 7.43. The molecule has 0 aromatic heterocycles. The zero-order valence-electron chi connectivity index (χ0n) is 17.9. The van der Waals surface area contributed by atoms with Gasteiger partial charge in [-0.25, -0.2) is 0 Å². The Balaban J connectivity index is 1.37. The van der Waals surface area contributed by atoms with E-state index in [1.165, 1.54) is 37.7 Å². The molecule has 3 fully saturated rings. The van der Waals surface area contributed by atoms with Gasteiger partial charge in [0.1, 0.15) is 5.75 Å². The molecule has 0 radical (unpaired) electrons. The minimum atomic E-state index is -0.136. The lowest BCUT2D eigenvalue weighted by Crippen LogP contribution is -2.37. The first-order valence-electron chi connectivity index (χ1n) is 11.2. The summed E-state index contributed by atoms with van der Waals surface area (Å²) < 4.78 is 12.9. The predicted molar refractivity (Wildman–Crippen MR) is 111 cm³/mol. The number of hydrogen-bond donors (Lipinski definition) is 0. The van der Waals surface area contributed by atoms with Crippen LogP contribution < -0.4 is 4.74 Å². The average molecular weight is 371 g/mol. The number of benzene rings is 1. The lowest BCUT2D eigenvalue weighted by molar-refractivity contribution is -0.162. The molecule has 1 aromatic carbocycles. The van der Waals surface area contributed by atoms with Crippen molar-refractivity contribution in [2.24, 2.45) is 35.0 Å². The topological polar surface area (TPSA) is 18.5 Å². The summed E-state index contributed by atoms with van der Waals surface area (Å²) in [5.41, 5.74) is 1.68. The maximum absolute atomic E-state index is 6.61. The van der Waals surface area contributed by atoms with Crippen LogP contribution in [0.4, 0.5) is 0 Å². The number of ether oxygens (including phenoxy) is 2. The van der Waals surface area contributed by atoms with Gasteiger partial charge < -0.3 is 9.47 Å². The lowest BCUT2D eigenvalue weighted by Gasteiger charge is -2.35. The molecule has 4 rings (SSSR count). The first kappa shape index (κ1) is 19.3. The Morgan fingerprint density at radius 3 is 2.33 bits per heavy atom. The van der Waals surface area contributed by atoms with Crippen LogP contribution in [0.25, 0.3) is 0 Å². The maximum Gasteiger partial charge on any atom is 0.202 e. The normalized spacial score (nSPS) is 33.5. The highest BCUT2D eigenvalue weighted by atomic mass is 16.7. The molecule has 2 nitrogen and oxygen atoms in total. The summed E-state index contributed by atoms with van der Waals surface area (Å²) in [4.78, 5) is 0. The molecule has 27 heavy (non-hydrogen) atoms. The third kappa shape index (κ3) is 4.21. The summed E-state index contributed by atoms with van der Waals surface area (Å²) in [6, 6.07) is 8.65. The molecule has 6 unspecified atom stereocenters. The molecule has 3 saturated carbocycles. The van der Waals surface area contributed by atoms with Crippen LogP contribution in [0.5, 0.6) is 5.75 Å². The Labute approximate surface area is 166 Å². The highest BCUT2D eigenvalue weighted by molar-refractivity contribution is 5.28. The van der Waals surface area contributed by atoms with E-state index < -0.39 is 0 Å². The van der Waals surface area contributed by atoms with Crippen LogP contribution in [0.3, 0.4) is 0 Å². The molecule has 6 atom stereocenters. The van der Waals surface area contributed by atoms with Crippen molar-refractivity contribution in [1.29, 1.82) is 0 Å². The summed E-state index contributed by atoms with van der Waals surface area (Å²) in [6.45, 7) is 11.3. The molecule has 3 aliphatic rings. The fourth-order valence-corrected chi connectivity index (χ4v) is 6.09. The van der Waals surface area contributed by atoms with Crippen LogP contribution in [0.1, 0.15) is 72.3 Å². The average Bonchev–Trinajstić information content (AvgIpc) is 3.26. The second-order valence-electron chi connectivity index (χ2n) is 10.9. The number of hydrogen-bond acceptors (Lipinski definition) is 2. The van der Waals surface area contributed by atoms with Crippen LogP contribution in [-0.4, -0.2) is 12.4 Å². The molecule has 0 saturated heterocycles. The molecule has 150 valence electrons. The molecule has 0 N–H and O–H groups in total. The second-order valence-corrected chi connectivity index (χ2v) is 10.9. The monoisotopic (exact) mass is 370 g/mol. The van der Waals surface area contributed by atoms with Gasteiger partial charge >= 0.3 is 0 Å². The van der Waals surface area contributed by atoms with E-state index >= 15 is 0 Å². The molecule has 0 amide bonds. The van der Waals surface area contributed by atoms with Gasteiger partial charge in [-0.15, -0.1) is 0 Å². The van der Waals surface area contributed by atoms with Crippen LogP contribution in [0.15, 0.2) is 24.3 Å². The SMILES string of the molecule is CC(C)C(Oc1ccc(CC(C)(C)C)cc1)OC1CC2CC1C1CCCC21. The molecule has 1 aromatic rings. The zero-order valence-corrected chi connectivity index (χ0v) is 17.9. The molecule has 0 spiro atoms. The van der Waals surface area contributed by atoms with E-state index in [4.69, 9.17) is 9.47 Å². The fourth-order valence-electron chi connectivity index (χ4n) is 6.09. The Morgan fingerprint density at radius 2 is 1.67 bits per heavy atom. The van der Waals surface area contributed by atoms with Crippen LogP contribution in [-0.2, 0) is 11.2 Å². The van der Waals surface area contributed by atoms with Crippen LogP contribution >= 0.6 is 0 Å². The van der Waals surface area contributed by atoms with Gasteiger partial charge in [0.2, 0.25) is 6.29 Å². The molecular formula is C25H38O2. The molecule has 3 aliphatic carbocycles. The van der Waals surface area contributed by atoms with Gasteiger partial charge in [-0.2, -0.15) is 0 Å². The van der Waals surface area contributed by atoms with E-state index in [9.17, 15) is 0 Å². The molecule has 0 heterocycles. The van der Waals surface area contributed by atoms with E-state index in [0.717, 1.165) is 35.8 Å². The number of rotatable bonds is 6. The van der Waals surface area contributed by atoms with Crippen molar-refractivity contribution in [3.05, 3.63) is 29.8 Å². The van der Waals surface area contributed by atoms with Crippen molar-refractivity contribution in [3.8, 4) is 5.75 Å². The largest absolute Gasteiger partial charge is 0.465 e. The smallest absolute Gasteiger partial charge is 0.202 e. The molecule has 2 heteroatoms. The first-order valence-corrected chi connectivity index (χ1v) is 11.2. The third-order valence-corrected chi connectivity index (χ3v) is 7.13. The highest BCUT2D eigenvalue weighted by Crippen LogP contribution is 2.59. The van der Waals surface area contributed by atoms with E-state index in [1.807, 2.05) is 0 Å². The van der Waals surface area contributed by atoms with Crippen molar-refractivity contribution in [3.63, 3.8) is 0 Å². The third-order valence-electron chi connectivity index (χ3n) is 7.13. The quantitative estimate of drug-likeness (QED) is 0.534. The van der Waals surface area contributed by atoms with Crippen molar-refractivity contribution in [1.82, 2.24) is 0 Å². The Morgan fingerprint density at radius 1 is 0.963 bits per heavy atom. The Kier molecular flexibility index (Phi) is 5.31. The summed E-state index contributed by atoms with van der Waals surface area (Å²) in [6.07, 6.45) is 8.41. The minimum absolute atomic E-state index is 0.136. The van der Waals surface area contributed by atoms with Crippen LogP contribution in [0.2, 0.25) is 0 Å². The fraction of sp³-hybridized carbons (Fsp3) is 0.760. The van der Waals surface area contributed by atoms with Gasteiger partial charge in [0.15, 0.2) is 0 Å². The van der Waals surface area contributed by atoms with Crippen molar-refractivity contribution >= 4 is 0 Å². The Bertz CT molecular complexity index is 627. The molecule has 0 aliphatic heterocycles. The molecular weight excluding hydrogens is 332 g/mol. The summed E-state index contributed by atoms with van der Waals surface area (Å²) in [5.74, 6) is 4.98. The van der Waals surface area contributed by atoms with Gasteiger partial charge in [-0.1, -0.05) is 53.2 Å². The Hall–Kier alpha value is -1.02. The summed E-state index contributed by atoms with van der Waals surface area (Å²) >= 11 is 0.